The van der Waals surface area contributed by atoms with Gasteiger partial charge in [-0.1, -0.05) is 41.6 Å². The van der Waals surface area contributed by atoms with Crippen molar-refractivity contribution in [2.45, 2.75) is 12.1 Å². The molecule has 0 atom stereocenters. The van der Waals surface area contributed by atoms with Crippen LogP contribution in [0, 0.1) is 6.92 Å². The third-order valence-electron chi connectivity index (χ3n) is 4.95. The highest BCUT2D eigenvalue weighted by Gasteiger charge is 2.26. The van der Waals surface area contributed by atoms with E-state index in [2.05, 4.69) is 10.2 Å². The molecule has 0 aliphatic carbocycles. The minimum Gasteiger partial charge on any atom is -0.459 e. The number of nitrogens with zero attached hydrogens (tertiary/aromatic N) is 5. The molecular formula is C20H22N6O3S. The zero-order valence-electron chi connectivity index (χ0n) is 16.5. The summed E-state index contributed by atoms with van der Waals surface area (Å²) < 4.78 is 6.56. The topological polar surface area (TPSA) is 110 Å². The minimum atomic E-state index is -0.152. The van der Waals surface area contributed by atoms with Crippen molar-refractivity contribution in [2.24, 2.45) is 0 Å². The van der Waals surface area contributed by atoms with Crippen LogP contribution in [0.5, 0.6) is 0 Å². The summed E-state index contributed by atoms with van der Waals surface area (Å²) in [5.41, 5.74) is 2.01. The molecule has 1 aliphatic rings. The smallest absolute Gasteiger partial charge is 0.289 e. The molecule has 3 heterocycles. The number of aromatic nitrogens is 3. The van der Waals surface area contributed by atoms with E-state index in [-0.39, 0.29) is 17.6 Å². The third-order valence-corrected chi connectivity index (χ3v) is 5.88. The maximum atomic E-state index is 12.6. The van der Waals surface area contributed by atoms with Crippen LogP contribution in [0.4, 0.5) is 0 Å². The lowest BCUT2D eigenvalue weighted by Gasteiger charge is -2.34. The highest BCUT2D eigenvalue weighted by atomic mass is 32.2. The molecule has 0 saturated carbocycles. The summed E-state index contributed by atoms with van der Waals surface area (Å²) in [4.78, 5) is 28.3. The fourth-order valence-electron chi connectivity index (χ4n) is 3.21. The number of benzene rings is 1. The molecule has 9 nitrogen and oxygen atoms in total. The van der Waals surface area contributed by atoms with Crippen LogP contribution in [0.15, 0.2) is 52.2 Å². The van der Waals surface area contributed by atoms with Gasteiger partial charge in [0.05, 0.1) is 12.0 Å². The minimum absolute atomic E-state index is 0.0232. The van der Waals surface area contributed by atoms with E-state index < -0.39 is 0 Å². The number of aryl methyl sites for hydroxylation is 1. The lowest BCUT2D eigenvalue weighted by atomic mass is 10.1. The molecule has 1 fully saturated rings. The van der Waals surface area contributed by atoms with Gasteiger partial charge >= 0.3 is 0 Å². The number of hydrogen-bond donors (Lipinski definition) is 1. The quantitative estimate of drug-likeness (QED) is 0.488. The predicted octanol–water partition coefficient (Wildman–Crippen LogP) is 1.64. The zero-order chi connectivity index (χ0) is 21.1. The van der Waals surface area contributed by atoms with Gasteiger partial charge in [0.25, 0.3) is 5.91 Å². The second kappa shape index (κ2) is 8.62. The van der Waals surface area contributed by atoms with Gasteiger partial charge in [0.15, 0.2) is 11.6 Å². The first-order valence-electron chi connectivity index (χ1n) is 9.54. The second-order valence-electron chi connectivity index (χ2n) is 6.98. The largest absolute Gasteiger partial charge is 0.459 e. The molecule has 2 N–H and O–H groups in total. The normalized spacial score (nSPS) is 14.2. The van der Waals surface area contributed by atoms with Gasteiger partial charge in [-0.25, -0.2) is 4.68 Å². The first-order chi connectivity index (χ1) is 14.5. The number of hydrogen-bond acceptors (Lipinski definition) is 7. The van der Waals surface area contributed by atoms with Crippen LogP contribution in [-0.4, -0.2) is 68.4 Å². The number of nitrogens with two attached hydrogens (primary N) is 1. The van der Waals surface area contributed by atoms with Crippen molar-refractivity contribution in [2.75, 3.05) is 37.8 Å². The maximum absolute atomic E-state index is 12.6. The van der Waals surface area contributed by atoms with E-state index in [1.807, 2.05) is 31.2 Å². The summed E-state index contributed by atoms with van der Waals surface area (Å²) in [5.74, 6) is 7.03. The summed E-state index contributed by atoms with van der Waals surface area (Å²) in [6.07, 6.45) is 1.48. The number of nitrogen functional groups attached to an aromatic ring is 1. The third kappa shape index (κ3) is 4.18. The first kappa shape index (κ1) is 20.0. The van der Waals surface area contributed by atoms with E-state index in [0.717, 1.165) is 11.1 Å². The van der Waals surface area contributed by atoms with Gasteiger partial charge in [0.1, 0.15) is 0 Å². The standard InChI is InChI=1S/C20H22N6O3S/c1-14-4-6-15(7-5-14)18-22-23-20(26(18)21)30-13-17(27)24-8-10-25(11-9-24)19(28)16-3-2-12-29-16/h2-7,12H,8-11,13,21H2,1H3. The molecule has 0 bridgehead atoms. The Labute approximate surface area is 177 Å². The Kier molecular flexibility index (Phi) is 5.75. The summed E-state index contributed by atoms with van der Waals surface area (Å²) in [7, 11) is 0. The monoisotopic (exact) mass is 426 g/mol. The molecular weight excluding hydrogens is 404 g/mol. The summed E-state index contributed by atoms with van der Waals surface area (Å²) >= 11 is 1.25. The average molecular weight is 427 g/mol. The fourth-order valence-corrected chi connectivity index (χ4v) is 3.97. The molecule has 4 rings (SSSR count). The molecule has 30 heavy (non-hydrogen) atoms. The molecule has 0 spiro atoms. The zero-order valence-corrected chi connectivity index (χ0v) is 17.3. The van der Waals surface area contributed by atoms with Crippen molar-refractivity contribution in [3.8, 4) is 11.4 Å². The molecule has 1 aromatic carbocycles. The van der Waals surface area contributed by atoms with Crippen LogP contribution >= 0.6 is 11.8 Å². The molecule has 156 valence electrons. The molecule has 0 radical (unpaired) electrons. The Bertz CT molecular complexity index is 1020. The van der Waals surface area contributed by atoms with Crippen LogP contribution in [0.1, 0.15) is 16.1 Å². The Balaban J connectivity index is 1.30. The lowest BCUT2D eigenvalue weighted by Crippen LogP contribution is -2.51. The Morgan fingerprint density at radius 3 is 2.43 bits per heavy atom. The van der Waals surface area contributed by atoms with Gasteiger partial charge in [-0.15, -0.1) is 10.2 Å². The summed E-state index contributed by atoms with van der Waals surface area (Å²) in [6.45, 7) is 3.92. The SMILES string of the molecule is Cc1ccc(-c2nnc(SCC(=O)N3CCN(C(=O)c4ccco4)CC3)n2N)cc1. The fraction of sp³-hybridized carbons (Fsp3) is 0.300. The number of piperazine rings is 1. The molecule has 1 saturated heterocycles. The number of rotatable bonds is 5. The van der Waals surface area contributed by atoms with E-state index in [4.69, 9.17) is 10.3 Å². The van der Waals surface area contributed by atoms with Gasteiger partial charge < -0.3 is 20.1 Å². The molecule has 10 heteroatoms. The van der Waals surface area contributed by atoms with Crippen molar-refractivity contribution in [3.63, 3.8) is 0 Å². The van der Waals surface area contributed by atoms with Crippen LogP contribution in [-0.2, 0) is 4.79 Å². The van der Waals surface area contributed by atoms with Gasteiger partial charge in [0, 0.05) is 31.7 Å². The molecule has 3 aromatic rings. The molecule has 1 aliphatic heterocycles. The highest BCUT2D eigenvalue weighted by Crippen LogP contribution is 2.22. The van der Waals surface area contributed by atoms with Crippen LogP contribution in [0.3, 0.4) is 0 Å². The lowest BCUT2D eigenvalue weighted by molar-refractivity contribution is -0.129. The van der Waals surface area contributed by atoms with Crippen molar-refractivity contribution >= 4 is 23.6 Å². The summed E-state index contributed by atoms with van der Waals surface area (Å²) in [5, 5.41) is 8.74. The van der Waals surface area contributed by atoms with Crippen LogP contribution in [0.2, 0.25) is 0 Å². The van der Waals surface area contributed by atoms with Crippen LogP contribution < -0.4 is 5.84 Å². The Morgan fingerprint density at radius 2 is 1.77 bits per heavy atom. The van der Waals surface area contributed by atoms with Gasteiger partial charge in [0.2, 0.25) is 11.1 Å². The van der Waals surface area contributed by atoms with Gasteiger partial charge in [-0.05, 0) is 19.1 Å². The molecule has 2 amide bonds. The number of thioether (sulfide) groups is 1. The number of carbonyl (C=O) groups is 2. The van der Waals surface area contributed by atoms with Crippen molar-refractivity contribution in [1.29, 1.82) is 0 Å². The van der Waals surface area contributed by atoms with Gasteiger partial charge in [-0.2, -0.15) is 0 Å². The molecule has 0 unspecified atom stereocenters. The Morgan fingerprint density at radius 1 is 1.07 bits per heavy atom. The average Bonchev–Trinajstić information content (AvgIpc) is 3.43. The van der Waals surface area contributed by atoms with Crippen molar-refractivity contribution in [1.82, 2.24) is 24.7 Å². The number of amides is 2. The number of furan rings is 1. The van der Waals surface area contributed by atoms with Crippen LogP contribution in [0.25, 0.3) is 11.4 Å². The van der Waals surface area contributed by atoms with E-state index in [9.17, 15) is 9.59 Å². The maximum Gasteiger partial charge on any atom is 0.289 e. The molecule has 2 aromatic heterocycles. The van der Waals surface area contributed by atoms with Crippen molar-refractivity contribution < 1.29 is 14.0 Å². The Hall–Kier alpha value is -3.27. The van der Waals surface area contributed by atoms with E-state index >= 15 is 0 Å². The second-order valence-corrected chi connectivity index (χ2v) is 7.92. The van der Waals surface area contributed by atoms with Crippen molar-refractivity contribution in [3.05, 3.63) is 54.0 Å². The predicted molar refractivity (Wildman–Crippen MR) is 112 cm³/mol. The number of carbonyl (C=O) groups excluding carboxylic acids is 2. The highest BCUT2D eigenvalue weighted by molar-refractivity contribution is 7.99. The first-order valence-corrected chi connectivity index (χ1v) is 10.5. The van der Waals surface area contributed by atoms with E-state index in [1.54, 1.807) is 21.9 Å². The van der Waals surface area contributed by atoms with Gasteiger partial charge in [-0.3, -0.25) is 9.59 Å². The van der Waals surface area contributed by atoms with E-state index in [1.165, 1.54) is 22.7 Å². The summed E-state index contributed by atoms with van der Waals surface area (Å²) in [6, 6.07) is 11.2. The van der Waals surface area contributed by atoms with E-state index in [0.29, 0.717) is 42.9 Å².